The minimum Gasteiger partial charge on any atom is -0.394 e. The second-order valence-electron chi connectivity index (χ2n) is 27.1. The van der Waals surface area contributed by atoms with E-state index in [1.807, 2.05) is 6.08 Å². The lowest BCUT2D eigenvalue weighted by Crippen LogP contribution is -2.71. The van der Waals surface area contributed by atoms with Crippen LogP contribution < -0.4 is 16.0 Å². The van der Waals surface area contributed by atoms with Gasteiger partial charge in [0.15, 0.2) is 31.5 Å². The van der Waals surface area contributed by atoms with Gasteiger partial charge in [-0.1, -0.05) is 167 Å². The maximum Gasteiger partial charge on any atom is 0.220 e. The molecular formula is C68H123N3O28. The average Bonchev–Trinajstić information content (AvgIpc) is 0.765. The third kappa shape index (κ3) is 27.2. The highest BCUT2D eigenvalue weighted by atomic mass is 16.8. The van der Waals surface area contributed by atoms with Crippen LogP contribution in [0, 0.1) is 0 Å². The zero-order valence-corrected chi connectivity index (χ0v) is 58.4. The molecule has 31 nitrogen and oxygen atoms in total. The number of carbonyl (C=O) groups excluding carboxylic acids is 3. The standard InChI is InChI=1S/C68H123N3O28/c1-5-7-9-11-13-15-17-19-21-23-25-27-29-31-42(79)41(71-48(80)32-30-28-26-24-22-20-18-16-14-12-10-8-6-2)38-90-66-58(88)56(86)61(46(36-75)94-66)97-68-59(89)63(62(47(37-76)95-68)98-64-49(69-39(3)77)53(83)51(81)43(33-72)91-64)99-65-50(70-40(4)78)54(84)60(45(35-74)93-65)96-67-57(87)55(85)52(82)44(34-73)92-67/h29,31,41-47,49-68,72-76,79,81-89H,5-28,30,32-38H2,1-4H3,(H,69,77)(H,70,78)(H,71,80)/b31-29+/t41-,42+,43?,44?,45?,46?,47?,49?,50?,51-,52-,53+,54+,55-,56+,57?,58?,59?,60+,61+,62-,63+,64-,65-,66+,67-,68-/m0/s1. The van der Waals surface area contributed by atoms with Crippen molar-refractivity contribution in [3.63, 3.8) is 0 Å². The van der Waals surface area contributed by atoms with Crippen LogP contribution in [0.5, 0.6) is 0 Å². The maximum atomic E-state index is 13.5. The van der Waals surface area contributed by atoms with Crippen molar-refractivity contribution in [2.24, 2.45) is 0 Å². The molecule has 99 heavy (non-hydrogen) atoms. The number of aliphatic hydroxyl groups is 15. The fraction of sp³-hybridized carbons (Fsp3) is 0.926. The first-order valence-electron chi connectivity index (χ1n) is 36.5. The molecule has 0 aliphatic carbocycles. The Kier molecular flexibility index (Phi) is 41.1. The summed E-state index contributed by atoms with van der Waals surface area (Å²) in [6.45, 7) is 1.17. The lowest BCUT2D eigenvalue weighted by Gasteiger charge is -2.51. The van der Waals surface area contributed by atoms with E-state index in [-0.39, 0.29) is 12.3 Å². The Bertz CT molecular complexity index is 2230. The molecule has 5 aliphatic heterocycles. The van der Waals surface area contributed by atoms with Crippen molar-refractivity contribution in [3.8, 4) is 0 Å². The van der Waals surface area contributed by atoms with Crippen molar-refractivity contribution < 1.29 is 138 Å². The molecule has 27 atom stereocenters. The number of allylic oxidation sites excluding steroid dienone is 1. The molecular weight excluding hydrogens is 1310 g/mol. The second-order valence-corrected chi connectivity index (χ2v) is 27.1. The van der Waals surface area contributed by atoms with Crippen LogP contribution in [-0.4, -0.2) is 300 Å². The minimum absolute atomic E-state index is 0.170. The summed E-state index contributed by atoms with van der Waals surface area (Å²) in [7, 11) is 0. The molecule has 5 heterocycles. The smallest absolute Gasteiger partial charge is 0.220 e. The van der Waals surface area contributed by atoms with Crippen molar-refractivity contribution >= 4 is 17.7 Å². The van der Waals surface area contributed by atoms with Gasteiger partial charge in [-0.3, -0.25) is 14.4 Å². The first-order chi connectivity index (χ1) is 47.6. The fourth-order valence-electron chi connectivity index (χ4n) is 13.3. The first kappa shape index (κ1) is 86.8. The minimum atomic E-state index is -2.29. The van der Waals surface area contributed by atoms with Crippen LogP contribution in [0.4, 0.5) is 0 Å². The number of nitrogens with one attached hydrogen (secondary N) is 3. The first-order valence-corrected chi connectivity index (χ1v) is 36.5. The molecule has 0 aromatic heterocycles. The van der Waals surface area contributed by atoms with E-state index >= 15 is 0 Å². The van der Waals surface area contributed by atoms with Gasteiger partial charge in [0, 0.05) is 20.3 Å². The third-order valence-corrected chi connectivity index (χ3v) is 19.1. The molecule has 5 saturated heterocycles. The number of ether oxygens (including phenoxy) is 10. The topological polar surface area (TPSA) is 483 Å². The summed E-state index contributed by atoms with van der Waals surface area (Å²) in [5.41, 5.74) is 0. The van der Waals surface area contributed by atoms with Gasteiger partial charge in [-0.25, -0.2) is 0 Å². The molecule has 31 heteroatoms. The van der Waals surface area contributed by atoms with Gasteiger partial charge in [0.25, 0.3) is 0 Å². The van der Waals surface area contributed by atoms with Gasteiger partial charge in [-0.05, 0) is 19.3 Å². The van der Waals surface area contributed by atoms with Crippen molar-refractivity contribution in [1.29, 1.82) is 0 Å². The van der Waals surface area contributed by atoms with Crippen LogP contribution in [0.1, 0.15) is 195 Å². The van der Waals surface area contributed by atoms with E-state index in [1.165, 1.54) is 96.3 Å². The second kappa shape index (κ2) is 46.9. The lowest BCUT2D eigenvalue weighted by molar-refractivity contribution is -0.395. The Balaban J connectivity index is 1.34. The summed E-state index contributed by atoms with van der Waals surface area (Å²) < 4.78 is 60.1. The summed E-state index contributed by atoms with van der Waals surface area (Å²) in [6, 6.07) is -4.56. The third-order valence-electron chi connectivity index (χ3n) is 19.1. The van der Waals surface area contributed by atoms with Crippen LogP contribution >= 0.6 is 0 Å². The molecule has 0 bridgehead atoms. The quantitative estimate of drug-likeness (QED) is 0.0256. The van der Waals surface area contributed by atoms with E-state index < -0.39 is 217 Å². The van der Waals surface area contributed by atoms with Gasteiger partial charge in [-0.15, -0.1) is 0 Å². The molecule has 5 fully saturated rings. The van der Waals surface area contributed by atoms with E-state index in [0.29, 0.717) is 12.8 Å². The highest BCUT2D eigenvalue weighted by molar-refractivity contribution is 5.76. The summed E-state index contributed by atoms with van der Waals surface area (Å²) in [6.07, 6.45) is -13.1. The maximum absolute atomic E-state index is 13.5. The predicted molar refractivity (Wildman–Crippen MR) is 352 cm³/mol. The predicted octanol–water partition coefficient (Wildman–Crippen LogP) is -1.03. The van der Waals surface area contributed by atoms with Crippen molar-refractivity contribution in [1.82, 2.24) is 16.0 Å². The van der Waals surface area contributed by atoms with E-state index in [9.17, 15) is 91.0 Å². The number of aliphatic hydroxyl groups excluding tert-OH is 15. The lowest BCUT2D eigenvalue weighted by atomic mass is 9.93. The van der Waals surface area contributed by atoms with Gasteiger partial charge in [0.05, 0.1) is 51.8 Å². The van der Waals surface area contributed by atoms with Gasteiger partial charge in [0.1, 0.15) is 122 Å². The molecule has 0 saturated carbocycles. The molecule has 3 amide bonds. The van der Waals surface area contributed by atoms with E-state index in [0.717, 1.165) is 65.2 Å². The van der Waals surface area contributed by atoms with Crippen LogP contribution in [0.25, 0.3) is 0 Å². The molecule has 5 aliphatic rings. The summed E-state index contributed by atoms with van der Waals surface area (Å²) in [5, 5.41) is 174. The number of rotatable bonds is 47. The Morgan fingerprint density at radius 1 is 0.394 bits per heavy atom. The van der Waals surface area contributed by atoms with Crippen LogP contribution in [0.3, 0.4) is 0 Å². The van der Waals surface area contributed by atoms with E-state index in [1.54, 1.807) is 6.08 Å². The van der Waals surface area contributed by atoms with Crippen molar-refractivity contribution in [2.75, 3.05) is 39.6 Å². The van der Waals surface area contributed by atoms with E-state index in [4.69, 9.17) is 47.4 Å². The van der Waals surface area contributed by atoms with Crippen molar-refractivity contribution in [2.45, 2.75) is 360 Å². The van der Waals surface area contributed by atoms with Gasteiger partial charge < -0.3 is 140 Å². The van der Waals surface area contributed by atoms with Crippen LogP contribution in [-0.2, 0) is 61.8 Å². The Hall–Kier alpha value is -2.85. The normalized spacial score (nSPS) is 35.8. The molecule has 0 aromatic carbocycles. The number of amides is 3. The monoisotopic (exact) mass is 1430 g/mol. The zero-order chi connectivity index (χ0) is 72.6. The molecule has 0 spiro atoms. The van der Waals surface area contributed by atoms with Gasteiger partial charge >= 0.3 is 0 Å². The Labute approximate surface area is 582 Å². The Morgan fingerprint density at radius 3 is 1.24 bits per heavy atom. The molecule has 0 radical (unpaired) electrons. The molecule has 10 unspecified atom stereocenters. The molecule has 0 aromatic rings. The average molecular weight is 1430 g/mol. The van der Waals surface area contributed by atoms with E-state index in [2.05, 4.69) is 29.8 Å². The highest BCUT2D eigenvalue weighted by Gasteiger charge is 2.58. The van der Waals surface area contributed by atoms with Crippen molar-refractivity contribution in [3.05, 3.63) is 12.2 Å². The summed E-state index contributed by atoms with van der Waals surface area (Å²) in [5.74, 6) is -1.97. The summed E-state index contributed by atoms with van der Waals surface area (Å²) in [4.78, 5) is 39.0. The van der Waals surface area contributed by atoms with Gasteiger partial charge in [-0.2, -0.15) is 0 Å². The molecule has 5 rings (SSSR count). The number of unbranched alkanes of at least 4 members (excludes halogenated alkanes) is 23. The van der Waals surface area contributed by atoms with Crippen LogP contribution in [0.15, 0.2) is 12.2 Å². The molecule has 18 N–H and O–H groups in total. The largest absolute Gasteiger partial charge is 0.394 e. The molecule has 578 valence electrons. The number of hydrogen-bond donors (Lipinski definition) is 18. The zero-order valence-electron chi connectivity index (χ0n) is 58.4. The number of carbonyl (C=O) groups is 3. The SMILES string of the molecule is CCCCCCCCCCCCC/C=C/[C@@H](O)[C@H](CO[C@@H]1OC(CO)[C@@H](O[C@@H]2OC(CO)[C@H](O[C@@H]3OC(CO)[C@H](O)[C@H](O)C3NC(C)=O)[C@H](O[C@@H]3OC(CO)[C@@H](O[C@@H]4OC(CO)[C@H](O)[C@H](O)C4O)[C@H](O)C3NC(C)=O)C2O)[C@H](O)C1O)NC(=O)CCCCCCCCCCCCCCC. The van der Waals surface area contributed by atoms with Gasteiger partial charge in [0.2, 0.25) is 17.7 Å². The highest BCUT2D eigenvalue weighted by Crippen LogP contribution is 2.38. The number of hydrogen-bond acceptors (Lipinski definition) is 28. The summed E-state index contributed by atoms with van der Waals surface area (Å²) >= 11 is 0. The Morgan fingerprint density at radius 2 is 0.758 bits per heavy atom. The van der Waals surface area contributed by atoms with Crippen LogP contribution in [0.2, 0.25) is 0 Å². The fourth-order valence-corrected chi connectivity index (χ4v) is 13.3.